The van der Waals surface area contributed by atoms with E-state index in [1.54, 1.807) is 42.5 Å². The van der Waals surface area contributed by atoms with Crippen LogP contribution < -0.4 is 10.9 Å². The largest absolute Gasteiger partial charge is 0.396 e. The summed E-state index contributed by atoms with van der Waals surface area (Å²) in [6.45, 7) is 6.80. The number of hydrogen-bond donors (Lipinski definition) is 3. The second kappa shape index (κ2) is 13.0. The molecule has 0 aliphatic heterocycles. The van der Waals surface area contributed by atoms with Crippen molar-refractivity contribution >= 4 is 28.1 Å². The minimum absolute atomic E-state index is 0.0170. The summed E-state index contributed by atoms with van der Waals surface area (Å²) >= 11 is 0. The van der Waals surface area contributed by atoms with Gasteiger partial charge in [-0.2, -0.15) is 5.10 Å². The Morgan fingerprint density at radius 1 is 1.11 bits per heavy atom. The topological polar surface area (TPSA) is 133 Å². The van der Waals surface area contributed by atoms with Crippen molar-refractivity contribution < 1.29 is 9.90 Å². The third-order valence-corrected chi connectivity index (χ3v) is 8.04. The van der Waals surface area contributed by atoms with Crippen molar-refractivity contribution in [3.05, 3.63) is 117 Å². The number of aromatic amines is 1. The summed E-state index contributed by atoms with van der Waals surface area (Å²) in [5.41, 5.74) is 5.86. The van der Waals surface area contributed by atoms with E-state index in [0.717, 1.165) is 38.9 Å². The van der Waals surface area contributed by atoms with Crippen molar-refractivity contribution in [3.63, 3.8) is 0 Å². The summed E-state index contributed by atoms with van der Waals surface area (Å²) in [6, 6.07) is 19.4. The summed E-state index contributed by atoms with van der Waals surface area (Å²) in [4.78, 5) is 42.6. The molecule has 1 amide bonds. The number of aryl methyl sites for hydroxylation is 2. The average molecular weight is 593 g/mol. The van der Waals surface area contributed by atoms with Crippen molar-refractivity contribution in [3.8, 4) is 11.3 Å². The van der Waals surface area contributed by atoms with Crippen molar-refractivity contribution in [1.82, 2.24) is 19.7 Å². The monoisotopic (exact) mass is 592 g/mol. The Bertz CT molecular complexity index is 1880. The molecule has 44 heavy (non-hydrogen) atoms. The van der Waals surface area contributed by atoms with E-state index in [9.17, 15) is 19.6 Å². The number of carbonyl (C=O) groups excluding carboxylic acids is 1. The minimum Gasteiger partial charge on any atom is -0.396 e. The highest BCUT2D eigenvalue weighted by atomic mass is 16.3. The standard InChI is InChI=1S/C34H36N6O4/c1-5-40-31(13-15-36-40)29-11-9-27(38-44)17-25(29)19-39(4)34(43)32(24-7-10-28(21(2)16-24)22(3)20-41)37-26-8-6-23-12-14-35-33(42)30(23)18-26/h6-18,22,32,37,41H,5,19-20H2,1-4H3,(H,35,42)/t22-,32?/m0/s1. The van der Waals surface area contributed by atoms with Crippen LogP contribution >= 0.6 is 0 Å². The van der Waals surface area contributed by atoms with Gasteiger partial charge in [0.2, 0.25) is 5.91 Å². The molecule has 10 heteroatoms. The Morgan fingerprint density at radius 2 is 1.93 bits per heavy atom. The van der Waals surface area contributed by atoms with Crippen LogP contribution in [0.15, 0.2) is 89.1 Å². The molecule has 226 valence electrons. The molecule has 5 aromatic rings. The maximum Gasteiger partial charge on any atom is 0.255 e. The summed E-state index contributed by atoms with van der Waals surface area (Å²) in [5, 5.41) is 21.9. The fraction of sp³-hybridized carbons (Fsp3) is 0.265. The molecule has 0 fully saturated rings. The van der Waals surface area contributed by atoms with E-state index in [-0.39, 0.29) is 36.2 Å². The van der Waals surface area contributed by atoms with Gasteiger partial charge in [-0.1, -0.05) is 37.3 Å². The van der Waals surface area contributed by atoms with Crippen LogP contribution in [-0.4, -0.2) is 44.3 Å². The molecule has 10 nitrogen and oxygen atoms in total. The SMILES string of the molecule is CCn1nccc1-c1ccc(N=O)cc1CN(C)C(=O)C(Nc1ccc2cc[nH]c(=O)c2c1)c1ccc([C@@H](C)CO)c(C)c1. The molecule has 5 rings (SSSR count). The molecule has 0 saturated heterocycles. The van der Waals surface area contributed by atoms with E-state index in [1.165, 1.54) is 0 Å². The number of H-pyrrole nitrogens is 1. The van der Waals surface area contributed by atoms with Crippen LogP contribution in [-0.2, 0) is 17.9 Å². The lowest BCUT2D eigenvalue weighted by atomic mass is 9.93. The van der Waals surface area contributed by atoms with Crippen molar-refractivity contribution in [1.29, 1.82) is 0 Å². The van der Waals surface area contributed by atoms with Gasteiger partial charge in [0, 0.05) is 61.7 Å². The fourth-order valence-corrected chi connectivity index (χ4v) is 5.64. The highest BCUT2D eigenvalue weighted by Crippen LogP contribution is 2.31. The maximum absolute atomic E-state index is 14.3. The molecule has 0 radical (unpaired) electrons. The van der Waals surface area contributed by atoms with Gasteiger partial charge in [-0.05, 0) is 83.1 Å². The van der Waals surface area contributed by atoms with Gasteiger partial charge in [-0.3, -0.25) is 14.3 Å². The van der Waals surface area contributed by atoms with Crippen LogP contribution in [0, 0.1) is 11.8 Å². The van der Waals surface area contributed by atoms with Crippen molar-refractivity contribution in [2.75, 3.05) is 19.0 Å². The summed E-state index contributed by atoms with van der Waals surface area (Å²) in [7, 11) is 1.72. The highest BCUT2D eigenvalue weighted by molar-refractivity contribution is 5.89. The lowest BCUT2D eigenvalue weighted by Crippen LogP contribution is -2.35. The van der Waals surface area contributed by atoms with Gasteiger partial charge in [0.25, 0.3) is 5.56 Å². The molecular weight excluding hydrogens is 556 g/mol. The number of aromatic nitrogens is 3. The number of aliphatic hydroxyl groups is 1. The molecule has 3 N–H and O–H groups in total. The number of aliphatic hydroxyl groups excluding tert-OH is 1. The molecule has 2 aromatic heterocycles. The summed E-state index contributed by atoms with van der Waals surface area (Å²) in [5.74, 6) is -0.261. The molecule has 2 heterocycles. The fourth-order valence-electron chi connectivity index (χ4n) is 5.64. The molecule has 0 saturated carbocycles. The Morgan fingerprint density at radius 3 is 2.66 bits per heavy atom. The van der Waals surface area contributed by atoms with Gasteiger partial charge in [-0.15, -0.1) is 4.91 Å². The predicted octanol–water partition coefficient (Wildman–Crippen LogP) is 6.03. The van der Waals surface area contributed by atoms with Gasteiger partial charge >= 0.3 is 0 Å². The maximum atomic E-state index is 14.3. The first-order chi connectivity index (χ1) is 21.2. The number of nitrogens with one attached hydrogen (secondary N) is 2. The van der Waals surface area contributed by atoms with Crippen LogP contribution in [0.25, 0.3) is 22.0 Å². The second-order valence-electron chi connectivity index (χ2n) is 11.0. The third kappa shape index (κ3) is 6.16. The molecule has 0 spiro atoms. The number of fused-ring (bicyclic) bond motifs is 1. The number of carbonyl (C=O) groups is 1. The zero-order valence-corrected chi connectivity index (χ0v) is 25.2. The minimum atomic E-state index is -0.797. The van der Waals surface area contributed by atoms with E-state index >= 15 is 0 Å². The summed E-state index contributed by atoms with van der Waals surface area (Å²) < 4.78 is 1.86. The van der Waals surface area contributed by atoms with E-state index < -0.39 is 6.04 Å². The molecule has 0 bridgehead atoms. The number of benzene rings is 3. The highest BCUT2D eigenvalue weighted by Gasteiger charge is 2.26. The molecule has 0 aliphatic rings. The van der Waals surface area contributed by atoms with E-state index in [1.807, 2.05) is 74.0 Å². The zero-order chi connectivity index (χ0) is 31.4. The normalized spacial score (nSPS) is 12.6. The van der Waals surface area contributed by atoms with Crippen LogP contribution in [0.2, 0.25) is 0 Å². The first-order valence-electron chi connectivity index (χ1n) is 14.6. The predicted molar refractivity (Wildman–Crippen MR) is 173 cm³/mol. The molecule has 1 unspecified atom stereocenters. The first-order valence-corrected chi connectivity index (χ1v) is 14.6. The zero-order valence-electron chi connectivity index (χ0n) is 25.2. The van der Waals surface area contributed by atoms with Gasteiger partial charge in [-0.25, -0.2) is 0 Å². The Labute approximate surface area is 255 Å². The Balaban J connectivity index is 1.53. The van der Waals surface area contributed by atoms with E-state index in [4.69, 9.17) is 0 Å². The first kappa shape index (κ1) is 30.4. The number of nitroso groups, excluding NO2 is 1. The smallest absolute Gasteiger partial charge is 0.255 e. The lowest BCUT2D eigenvalue weighted by Gasteiger charge is -2.27. The number of likely N-dealkylation sites (N-methyl/N-ethyl adjacent to an activating group) is 1. The average Bonchev–Trinajstić information content (AvgIpc) is 3.52. The molecular formula is C34H36N6O4. The second-order valence-corrected chi connectivity index (χ2v) is 11.0. The number of nitrogens with zero attached hydrogens (tertiary/aromatic N) is 4. The molecule has 2 atom stereocenters. The van der Waals surface area contributed by atoms with Gasteiger partial charge in [0.05, 0.1) is 5.69 Å². The van der Waals surface area contributed by atoms with Crippen LogP contribution in [0.1, 0.15) is 48.1 Å². The van der Waals surface area contributed by atoms with E-state index in [0.29, 0.717) is 17.6 Å². The molecule has 0 aliphatic carbocycles. The number of rotatable bonds is 11. The Hall–Kier alpha value is -5.09. The van der Waals surface area contributed by atoms with Crippen LogP contribution in [0.3, 0.4) is 0 Å². The van der Waals surface area contributed by atoms with Crippen molar-refractivity contribution in [2.45, 2.75) is 45.8 Å². The van der Waals surface area contributed by atoms with Gasteiger partial charge in [0.15, 0.2) is 0 Å². The number of amides is 1. The van der Waals surface area contributed by atoms with Crippen molar-refractivity contribution in [2.24, 2.45) is 5.18 Å². The van der Waals surface area contributed by atoms with Gasteiger partial charge < -0.3 is 20.3 Å². The van der Waals surface area contributed by atoms with E-state index in [2.05, 4.69) is 20.6 Å². The third-order valence-electron chi connectivity index (χ3n) is 8.04. The summed E-state index contributed by atoms with van der Waals surface area (Å²) in [6.07, 6.45) is 3.33. The Kier molecular flexibility index (Phi) is 9.01. The number of pyridine rings is 1. The van der Waals surface area contributed by atoms with Crippen LogP contribution in [0.5, 0.6) is 0 Å². The lowest BCUT2D eigenvalue weighted by molar-refractivity contribution is -0.131. The van der Waals surface area contributed by atoms with Crippen LogP contribution in [0.4, 0.5) is 11.4 Å². The number of hydrogen-bond acceptors (Lipinski definition) is 7. The van der Waals surface area contributed by atoms with Gasteiger partial charge in [0.1, 0.15) is 11.7 Å². The quantitative estimate of drug-likeness (QED) is 0.161. The molecule has 3 aromatic carbocycles. The number of anilines is 1.